The van der Waals surface area contributed by atoms with Crippen LogP contribution in [0.3, 0.4) is 0 Å². The maximum absolute atomic E-state index is 13.7. The van der Waals surface area contributed by atoms with Crippen molar-refractivity contribution in [1.82, 2.24) is 4.90 Å². The summed E-state index contributed by atoms with van der Waals surface area (Å²) in [5, 5.41) is 0. The highest BCUT2D eigenvalue weighted by molar-refractivity contribution is 6.45. The topological polar surface area (TPSA) is 59.1 Å². The van der Waals surface area contributed by atoms with Crippen LogP contribution in [0.2, 0.25) is 0 Å². The number of imide groups is 1. The molecule has 0 spiro atoms. The van der Waals surface area contributed by atoms with Crippen LogP contribution in [0.5, 0.6) is 11.5 Å². The van der Waals surface area contributed by atoms with Crippen LogP contribution in [-0.4, -0.2) is 43.0 Å². The van der Waals surface area contributed by atoms with E-state index in [1.807, 2.05) is 44.2 Å². The Bertz CT molecular complexity index is 1020. The average molecular weight is 435 g/mol. The first-order valence-corrected chi connectivity index (χ1v) is 11.4. The predicted molar refractivity (Wildman–Crippen MR) is 125 cm³/mol. The first-order chi connectivity index (χ1) is 15.5. The predicted octanol–water partition coefficient (Wildman–Crippen LogP) is 4.50. The third-order valence-corrected chi connectivity index (χ3v) is 6.01. The molecule has 0 aromatic heterocycles. The minimum atomic E-state index is -0.304. The molecule has 2 aliphatic heterocycles. The van der Waals surface area contributed by atoms with Gasteiger partial charge in [0.2, 0.25) is 0 Å². The van der Waals surface area contributed by atoms with Crippen LogP contribution in [0.25, 0.3) is 5.57 Å². The van der Waals surface area contributed by atoms with E-state index in [-0.39, 0.29) is 11.8 Å². The quantitative estimate of drug-likeness (QED) is 0.601. The second-order valence-corrected chi connectivity index (χ2v) is 8.20. The number of anilines is 1. The maximum Gasteiger partial charge on any atom is 0.282 e. The molecule has 2 heterocycles. The van der Waals surface area contributed by atoms with Crippen LogP contribution < -0.4 is 14.4 Å². The molecule has 2 aromatic carbocycles. The molecule has 1 fully saturated rings. The molecule has 0 saturated carbocycles. The van der Waals surface area contributed by atoms with Gasteiger partial charge in [0.15, 0.2) is 11.5 Å². The van der Waals surface area contributed by atoms with Crippen LogP contribution in [0.4, 0.5) is 5.69 Å². The van der Waals surface area contributed by atoms with Crippen molar-refractivity contribution in [2.45, 2.75) is 33.6 Å². The van der Waals surface area contributed by atoms with Gasteiger partial charge in [-0.1, -0.05) is 37.3 Å². The van der Waals surface area contributed by atoms with E-state index in [0.717, 1.165) is 31.5 Å². The summed E-state index contributed by atoms with van der Waals surface area (Å²) in [5.41, 5.74) is 2.22. The van der Waals surface area contributed by atoms with E-state index in [1.165, 1.54) is 4.90 Å². The van der Waals surface area contributed by atoms with Gasteiger partial charge in [-0.15, -0.1) is 0 Å². The number of nitrogens with zero attached hydrogens (tertiary/aromatic N) is 2. The lowest BCUT2D eigenvalue weighted by atomic mass is 9.97. The van der Waals surface area contributed by atoms with Crippen molar-refractivity contribution in [3.8, 4) is 11.5 Å². The fraction of sp³-hybridized carbons (Fsp3) is 0.385. The molecule has 0 bridgehead atoms. The number of carbonyl (C=O) groups excluding carboxylic acids is 2. The molecule has 2 aromatic rings. The third kappa shape index (κ3) is 4.09. The lowest BCUT2D eigenvalue weighted by Crippen LogP contribution is -2.38. The van der Waals surface area contributed by atoms with Gasteiger partial charge in [0.05, 0.1) is 24.5 Å². The molecule has 2 aliphatic rings. The first-order valence-electron chi connectivity index (χ1n) is 11.4. The minimum Gasteiger partial charge on any atom is -0.490 e. The number of hydrogen-bond acceptors (Lipinski definition) is 5. The van der Waals surface area contributed by atoms with Gasteiger partial charge in [-0.25, -0.2) is 4.90 Å². The molecule has 0 N–H and O–H groups in total. The Morgan fingerprint density at radius 3 is 2.19 bits per heavy atom. The lowest BCUT2D eigenvalue weighted by molar-refractivity contribution is -0.120. The van der Waals surface area contributed by atoms with E-state index in [0.29, 0.717) is 47.6 Å². The molecule has 6 nitrogen and oxygen atoms in total. The maximum atomic E-state index is 13.7. The summed E-state index contributed by atoms with van der Waals surface area (Å²) in [6, 6.07) is 14.7. The van der Waals surface area contributed by atoms with Crippen molar-refractivity contribution >= 4 is 23.1 Å². The van der Waals surface area contributed by atoms with Crippen LogP contribution in [0, 0.1) is 5.92 Å². The number of likely N-dealkylation sites (tertiary alicyclic amines) is 1. The van der Waals surface area contributed by atoms with Crippen molar-refractivity contribution < 1.29 is 19.1 Å². The van der Waals surface area contributed by atoms with E-state index in [9.17, 15) is 9.59 Å². The van der Waals surface area contributed by atoms with Crippen LogP contribution in [0.1, 0.15) is 39.2 Å². The molecule has 0 unspecified atom stereocenters. The molecule has 32 heavy (non-hydrogen) atoms. The number of benzene rings is 2. The van der Waals surface area contributed by atoms with E-state index in [4.69, 9.17) is 9.47 Å². The number of hydrogen-bond donors (Lipinski definition) is 0. The van der Waals surface area contributed by atoms with Crippen molar-refractivity contribution in [3.63, 3.8) is 0 Å². The fourth-order valence-electron chi connectivity index (χ4n) is 4.32. The summed E-state index contributed by atoms with van der Waals surface area (Å²) in [5.74, 6) is 1.15. The van der Waals surface area contributed by atoms with Crippen molar-refractivity contribution in [3.05, 3.63) is 59.8 Å². The van der Waals surface area contributed by atoms with Crippen LogP contribution >= 0.6 is 0 Å². The smallest absolute Gasteiger partial charge is 0.282 e. The number of piperidine rings is 1. The van der Waals surface area contributed by atoms with Gasteiger partial charge in [-0.05, 0) is 50.3 Å². The number of amides is 2. The van der Waals surface area contributed by atoms with Gasteiger partial charge in [0.1, 0.15) is 5.70 Å². The fourth-order valence-corrected chi connectivity index (χ4v) is 4.32. The highest BCUT2D eigenvalue weighted by Crippen LogP contribution is 2.39. The summed E-state index contributed by atoms with van der Waals surface area (Å²) in [7, 11) is 0. The van der Waals surface area contributed by atoms with E-state index >= 15 is 0 Å². The number of ether oxygens (including phenoxy) is 2. The Labute approximate surface area is 189 Å². The largest absolute Gasteiger partial charge is 0.490 e. The molecular formula is C26H30N2O4. The average Bonchev–Trinajstić information content (AvgIpc) is 3.06. The lowest BCUT2D eigenvalue weighted by Gasteiger charge is -2.32. The Kier molecular flexibility index (Phi) is 6.49. The molecule has 4 rings (SSSR count). The molecule has 0 radical (unpaired) electrons. The summed E-state index contributed by atoms with van der Waals surface area (Å²) >= 11 is 0. The summed E-state index contributed by atoms with van der Waals surface area (Å²) in [4.78, 5) is 30.7. The molecule has 6 heteroatoms. The second kappa shape index (κ2) is 9.47. The molecular weight excluding hydrogens is 404 g/mol. The van der Waals surface area contributed by atoms with Gasteiger partial charge in [-0.3, -0.25) is 9.59 Å². The standard InChI is InChI=1S/C26H30N2O4/c1-4-31-21-12-11-20(17-22(21)32-5-2)28-25(29)23(19-9-7-6-8-10-19)24(26(28)30)27-15-13-18(3)14-16-27/h6-12,17-18H,4-5,13-16H2,1-3H3. The van der Waals surface area contributed by atoms with Crippen molar-refractivity contribution in [2.24, 2.45) is 5.92 Å². The summed E-state index contributed by atoms with van der Waals surface area (Å²) < 4.78 is 11.4. The monoisotopic (exact) mass is 434 g/mol. The molecule has 0 atom stereocenters. The van der Waals surface area contributed by atoms with E-state index in [1.54, 1.807) is 18.2 Å². The normalized spacial score (nSPS) is 17.3. The molecule has 1 saturated heterocycles. The Morgan fingerprint density at radius 1 is 0.875 bits per heavy atom. The van der Waals surface area contributed by atoms with Gasteiger partial charge < -0.3 is 14.4 Å². The van der Waals surface area contributed by atoms with Crippen molar-refractivity contribution in [1.29, 1.82) is 0 Å². The van der Waals surface area contributed by atoms with Crippen LogP contribution in [-0.2, 0) is 9.59 Å². The van der Waals surface area contributed by atoms with E-state index < -0.39 is 0 Å². The SMILES string of the molecule is CCOc1ccc(N2C(=O)C(c3ccccc3)=C(N3CCC(C)CC3)C2=O)cc1OCC. The second-order valence-electron chi connectivity index (χ2n) is 8.20. The molecule has 2 amide bonds. The number of carbonyl (C=O) groups is 2. The minimum absolute atomic E-state index is 0.282. The van der Waals surface area contributed by atoms with E-state index in [2.05, 4.69) is 11.8 Å². The Hall–Kier alpha value is -3.28. The zero-order chi connectivity index (χ0) is 22.7. The zero-order valence-corrected chi connectivity index (χ0v) is 19.0. The first kappa shape index (κ1) is 21.9. The van der Waals surface area contributed by atoms with Gasteiger partial charge >= 0.3 is 0 Å². The van der Waals surface area contributed by atoms with Gasteiger partial charge in [0, 0.05) is 19.2 Å². The van der Waals surface area contributed by atoms with Gasteiger partial charge in [-0.2, -0.15) is 0 Å². The Balaban J connectivity index is 1.76. The molecule has 0 aliphatic carbocycles. The highest BCUT2D eigenvalue weighted by atomic mass is 16.5. The van der Waals surface area contributed by atoms with Crippen molar-refractivity contribution in [2.75, 3.05) is 31.2 Å². The summed E-state index contributed by atoms with van der Waals surface area (Å²) in [6.07, 6.45) is 2.01. The summed E-state index contributed by atoms with van der Waals surface area (Å²) in [6.45, 7) is 8.51. The van der Waals surface area contributed by atoms with Gasteiger partial charge in [0.25, 0.3) is 11.8 Å². The highest BCUT2D eigenvalue weighted by Gasteiger charge is 2.43. The van der Waals surface area contributed by atoms with Crippen LogP contribution in [0.15, 0.2) is 54.2 Å². The third-order valence-electron chi connectivity index (χ3n) is 6.01. The zero-order valence-electron chi connectivity index (χ0n) is 19.0. The Morgan fingerprint density at radius 2 is 1.53 bits per heavy atom. The molecule has 168 valence electrons. The number of rotatable bonds is 7.